The van der Waals surface area contributed by atoms with Crippen LogP contribution in [-0.4, -0.2) is 27.2 Å². The van der Waals surface area contributed by atoms with Crippen molar-refractivity contribution in [1.82, 2.24) is 0 Å². The Kier molecular flexibility index (Phi) is 6.14. The molecule has 0 radical (unpaired) electrons. The molecule has 34 heavy (non-hydrogen) atoms. The van der Waals surface area contributed by atoms with Crippen molar-refractivity contribution in [2.45, 2.75) is 6.61 Å². The molecule has 2 heterocycles. The zero-order valence-corrected chi connectivity index (χ0v) is 19.3. The normalized spacial score (nSPS) is 11.8. The van der Waals surface area contributed by atoms with Crippen molar-refractivity contribution < 1.29 is 35.9 Å². The van der Waals surface area contributed by atoms with Crippen molar-refractivity contribution in [2.24, 2.45) is 0 Å². The fourth-order valence-corrected chi connectivity index (χ4v) is 4.41. The summed E-state index contributed by atoms with van der Waals surface area (Å²) in [6.45, 7) is -3.17. The number of sulfonamides is 1. The van der Waals surface area contributed by atoms with Gasteiger partial charge < -0.3 is 19.7 Å². The van der Waals surface area contributed by atoms with Crippen LogP contribution in [0.1, 0.15) is 10.4 Å². The highest BCUT2D eigenvalue weighted by molar-refractivity contribution is 7.92. The number of nitrogens with zero attached hydrogens (tertiary/aromatic N) is 1. The molecule has 0 aliphatic rings. The molecule has 0 aliphatic carbocycles. The number of benzene rings is 2. The highest BCUT2D eigenvalue weighted by Gasteiger charge is 2.23. The molecule has 9 nitrogen and oxygen atoms in total. The van der Waals surface area contributed by atoms with Crippen molar-refractivity contribution in [2.75, 3.05) is 16.3 Å². The first kappa shape index (κ1) is 23.8. The summed E-state index contributed by atoms with van der Waals surface area (Å²) in [6.07, 6.45) is 2.92. The number of furan rings is 1. The van der Waals surface area contributed by atoms with Gasteiger partial charge in [-0.05, 0) is 30.3 Å². The molecule has 0 bridgehead atoms. The van der Waals surface area contributed by atoms with E-state index < -0.39 is 22.5 Å². The minimum Gasteiger partial charge on any atom is -0.619 e. The van der Waals surface area contributed by atoms with Gasteiger partial charge >= 0.3 is 6.61 Å². The summed E-state index contributed by atoms with van der Waals surface area (Å²) in [7, 11) is -3.63. The van der Waals surface area contributed by atoms with E-state index in [1.54, 1.807) is 0 Å². The fourth-order valence-electron chi connectivity index (χ4n) is 3.32. The van der Waals surface area contributed by atoms with Gasteiger partial charge in [-0.3, -0.25) is 9.52 Å². The van der Waals surface area contributed by atoms with Crippen molar-refractivity contribution in [3.63, 3.8) is 0 Å². The highest BCUT2D eigenvalue weighted by atomic mass is 35.5. The van der Waals surface area contributed by atoms with E-state index in [1.165, 1.54) is 24.3 Å². The van der Waals surface area contributed by atoms with Crippen molar-refractivity contribution >= 4 is 72.4 Å². The molecule has 2 N–H and O–H groups in total. The molecule has 178 valence electrons. The number of rotatable bonds is 6. The van der Waals surface area contributed by atoms with Gasteiger partial charge in [-0.2, -0.15) is 13.5 Å². The molecule has 1 amide bonds. The average molecular weight is 532 g/mol. The van der Waals surface area contributed by atoms with Gasteiger partial charge in [0.05, 0.1) is 17.5 Å². The lowest BCUT2D eigenvalue weighted by Crippen LogP contribution is -2.25. The van der Waals surface area contributed by atoms with E-state index in [4.69, 9.17) is 27.6 Å². The number of carbonyl (C=O) groups is 1. The van der Waals surface area contributed by atoms with Crippen molar-refractivity contribution in [1.29, 1.82) is 0 Å². The molecule has 0 saturated heterocycles. The van der Waals surface area contributed by atoms with Gasteiger partial charge in [0.25, 0.3) is 5.91 Å². The molecule has 0 atom stereocenters. The minimum absolute atomic E-state index is 0.0436. The first-order chi connectivity index (χ1) is 15.9. The third-order valence-corrected chi connectivity index (χ3v) is 5.72. The number of amides is 1. The Bertz CT molecular complexity index is 1540. The Morgan fingerprint density at radius 3 is 2.47 bits per heavy atom. The van der Waals surface area contributed by atoms with Crippen LogP contribution in [0.5, 0.6) is 5.75 Å². The van der Waals surface area contributed by atoms with Crippen LogP contribution in [0.25, 0.3) is 21.9 Å². The number of aromatic nitrogens is 1. The third-order valence-electron chi connectivity index (χ3n) is 4.54. The Hall–Kier alpha value is -3.35. The van der Waals surface area contributed by atoms with Gasteiger partial charge in [-0.15, -0.1) is 0 Å². The smallest absolute Gasteiger partial charge is 0.387 e. The maximum absolute atomic E-state index is 13.2. The Labute approximate surface area is 200 Å². The lowest BCUT2D eigenvalue weighted by molar-refractivity contribution is -0.605. The maximum Gasteiger partial charge on any atom is 0.387 e. The summed E-state index contributed by atoms with van der Waals surface area (Å²) in [5.74, 6) is -1.09. The third kappa shape index (κ3) is 4.79. The molecule has 0 fully saturated rings. The number of anilines is 2. The van der Waals surface area contributed by atoms with Crippen LogP contribution in [0.15, 0.2) is 47.1 Å². The van der Waals surface area contributed by atoms with E-state index in [2.05, 4.69) is 14.8 Å². The molecule has 14 heteroatoms. The number of pyridine rings is 1. The van der Waals surface area contributed by atoms with E-state index >= 15 is 0 Å². The SMILES string of the molecule is CS(=O)(=O)Nc1ccc2oc3c(OC(F)F)ccc(C(=O)Nc4c(Cl)c[n+]([O-])cc4Cl)c3c2c1. The van der Waals surface area contributed by atoms with E-state index in [0.29, 0.717) is 4.73 Å². The Morgan fingerprint density at radius 1 is 1.18 bits per heavy atom. The Morgan fingerprint density at radius 2 is 1.85 bits per heavy atom. The summed E-state index contributed by atoms with van der Waals surface area (Å²) in [6, 6.07) is 6.55. The lowest BCUT2D eigenvalue weighted by atomic mass is 10.0. The number of fused-ring (bicyclic) bond motifs is 3. The second-order valence-corrected chi connectivity index (χ2v) is 9.59. The molecule has 0 unspecified atom stereocenters. The topological polar surface area (TPSA) is 125 Å². The van der Waals surface area contributed by atoms with Gasteiger partial charge in [0.2, 0.25) is 22.4 Å². The second-order valence-electron chi connectivity index (χ2n) is 7.02. The predicted molar refractivity (Wildman–Crippen MR) is 122 cm³/mol. The van der Waals surface area contributed by atoms with Gasteiger partial charge in [0, 0.05) is 16.5 Å². The number of hydrogen-bond donors (Lipinski definition) is 2. The number of halogens is 4. The molecule has 4 rings (SSSR count). The lowest BCUT2D eigenvalue weighted by Gasteiger charge is -2.11. The van der Waals surface area contributed by atoms with Gasteiger partial charge in [0.1, 0.15) is 15.6 Å². The molecule has 0 saturated carbocycles. The van der Waals surface area contributed by atoms with E-state index in [9.17, 15) is 27.2 Å². The first-order valence-electron chi connectivity index (χ1n) is 9.24. The summed E-state index contributed by atoms with van der Waals surface area (Å²) in [5.41, 5.74) is 0.0728. The summed E-state index contributed by atoms with van der Waals surface area (Å²) < 4.78 is 62.0. The van der Waals surface area contributed by atoms with Crippen LogP contribution in [0.4, 0.5) is 20.2 Å². The number of alkyl halides is 2. The van der Waals surface area contributed by atoms with Crippen LogP contribution >= 0.6 is 23.2 Å². The van der Waals surface area contributed by atoms with Crippen LogP contribution in [0, 0.1) is 5.21 Å². The molecule has 2 aromatic heterocycles. The first-order valence-corrected chi connectivity index (χ1v) is 11.9. The van der Waals surface area contributed by atoms with Gasteiger partial charge in [-0.25, -0.2) is 8.42 Å². The number of ether oxygens (including phenoxy) is 1. The zero-order chi connectivity index (χ0) is 24.8. The van der Waals surface area contributed by atoms with Crippen LogP contribution in [0.2, 0.25) is 10.0 Å². The average Bonchev–Trinajstić information content (AvgIpc) is 3.08. The van der Waals surface area contributed by atoms with Crippen molar-refractivity contribution in [3.05, 3.63) is 63.5 Å². The monoisotopic (exact) mass is 531 g/mol. The van der Waals surface area contributed by atoms with E-state index in [1.807, 2.05) is 0 Å². The second kappa shape index (κ2) is 8.78. The maximum atomic E-state index is 13.2. The van der Waals surface area contributed by atoms with Gasteiger partial charge in [0.15, 0.2) is 11.3 Å². The number of carbonyl (C=O) groups excluding carboxylic acids is 1. The summed E-state index contributed by atoms with van der Waals surface area (Å²) in [5, 5.41) is 14.0. The van der Waals surface area contributed by atoms with Gasteiger partial charge in [-0.1, -0.05) is 23.2 Å². The molecule has 0 aliphatic heterocycles. The van der Waals surface area contributed by atoms with Crippen LogP contribution in [0.3, 0.4) is 0 Å². The van der Waals surface area contributed by atoms with Crippen molar-refractivity contribution in [3.8, 4) is 5.75 Å². The van der Waals surface area contributed by atoms with E-state index in [0.717, 1.165) is 24.7 Å². The van der Waals surface area contributed by atoms with Crippen LogP contribution < -0.4 is 19.5 Å². The molecule has 2 aromatic carbocycles. The van der Waals surface area contributed by atoms with E-state index in [-0.39, 0.29) is 54.7 Å². The summed E-state index contributed by atoms with van der Waals surface area (Å²) in [4.78, 5) is 13.2. The van der Waals surface area contributed by atoms with Crippen LogP contribution in [-0.2, 0) is 10.0 Å². The standard InChI is InChI=1S/C20H13Cl2F2N3O6S/c1-34(30,31)26-9-2-4-14-11(6-9)16-10(3-5-15(18(16)32-14)33-20(23)24)19(28)25-17-12(21)7-27(29)8-13(17)22/h2-8,20,26H,1H3,(H,25,28). The number of hydrogen-bond acceptors (Lipinski definition) is 6. The zero-order valence-electron chi connectivity index (χ0n) is 16.9. The fraction of sp³-hybridized carbons (Fsp3) is 0.100. The minimum atomic E-state index is -3.63. The molecule has 0 spiro atoms. The predicted octanol–water partition coefficient (Wildman–Crippen LogP) is 4.75. The highest BCUT2D eigenvalue weighted by Crippen LogP contribution is 2.39. The number of nitrogens with one attached hydrogen (secondary N) is 2. The quantitative estimate of drug-likeness (QED) is 0.273. The molecule has 4 aromatic rings. The molecular formula is C20H13Cl2F2N3O6S. The summed E-state index contributed by atoms with van der Waals surface area (Å²) >= 11 is 12.0. The molecular weight excluding hydrogens is 519 g/mol. The largest absolute Gasteiger partial charge is 0.619 e. The Balaban J connectivity index is 1.91.